The monoisotopic (exact) mass is 156 g/mol. The minimum Gasteiger partial charge on any atom is -0.468 e. The maximum Gasteiger partial charge on any atom is 0.328 e. The summed E-state index contributed by atoms with van der Waals surface area (Å²) in [7, 11) is 1.37. The molecule has 2 atom stereocenters. The van der Waals surface area contributed by atoms with Gasteiger partial charge in [-0.3, -0.25) is 5.43 Å². The van der Waals surface area contributed by atoms with E-state index in [2.05, 4.69) is 15.6 Å². The first-order chi connectivity index (χ1) is 5.24. The first kappa shape index (κ1) is 8.23. The molecule has 0 saturated heterocycles. The third kappa shape index (κ3) is 2.03. The number of esters is 1. The fourth-order valence-corrected chi connectivity index (χ4v) is 0.860. The first-order valence-corrected chi connectivity index (χ1v) is 3.51. The lowest BCUT2D eigenvalue weighted by Crippen LogP contribution is -2.51. The summed E-state index contributed by atoms with van der Waals surface area (Å²) in [6.07, 6.45) is 3.70. The highest BCUT2D eigenvalue weighted by Crippen LogP contribution is 1.97. The number of rotatable bonds is 1. The lowest BCUT2D eigenvalue weighted by molar-refractivity contribution is -0.142. The quantitative estimate of drug-likeness (QED) is 0.400. The van der Waals surface area contributed by atoms with Gasteiger partial charge in [-0.05, 0) is 6.92 Å². The Labute approximate surface area is 65.6 Å². The van der Waals surface area contributed by atoms with Crippen LogP contribution >= 0.6 is 0 Å². The Morgan fingerprint density at radius 2 is 2.18 bits per heavy atom. The summed E-state index contributed by atoms with van der Waals surface area (Å²) in [5.74, 6) is -0.277. The van der Waals surface area contributed by atoms with Crippen LogP contribution in [0.2, 0.25) is 0 Å². The molecular formula is C7H12N2O2. The van der Waals surface area contributed by atoms with Crippen LogP contribution in [-0.4, -0.2) is 25.2 Å². The number of hydrogen-bond donors (Lipinski definition) is 2. The number of hydrazine groups is 1. The normalized spacial score (nSPS) is 30.0. The van der Waals surface area contributed by atoms with Crippen molar-refractivity contribution >= 4 is 5.97 Å². The summed E-state index contributed by atoms with van der Waals surface area (Å²) in [6.45, 7) is 1.98. The van der Waals surface area contributed by atoms with Gasteiger partial charge in [0.05, 0.1) is 7.11 Å². The third-order valence-electron chi connectivity index (χ3n) is 1.51. The van der Waals surface area contributed by atoms with Crippen LogP contribution in [0.3, 0.4) is 0 Å². The van der Waals surface area contributed by atoms with Gasteiger partial charge < -0.3 is 4.74 Å². The van der Waals surface area contributed by atoms with Crippen molar-refractivity contribution in [2.45, 2.75) is 19.0 Å². The Morgan fingerprint density at radius 3 is 2.64 bits per heavy atom. The van der Waals surface area contributed by atoms with Crippen LogP contribution < -0.4 is 10.9 Å². The lowest BCUT2D eigenvalue weighted by Gasteiger charge is -2.21. The van der Waals surface area contributed by atoms with Crippen LogP contribution in [0.4, 0.5) is 0 Å². The SMILES string of the molecule is COC(=O)[C@@H]1C=C[C@@H](C)NN1. The van der Waals surface area contributed by atoms with E-state index in [1.807, 2.05) is 13.0 Å². The molecule has 1 heterocycles. The molecule has 0 aromatic carbocycles. The van der Waals surface area contributed by atoms with E-state index in [0.29, 0.717) is 0 Å². The summed E-state index contributed by atoms with van der Waals surface area (Å²) >= 11 is 0. The number of methoxy groups -OCH3 is 1. The Kier molecular flexibility index (Phi) is 2.62. The highest BCUT2D eigenvalue weighted by atomic mass is 16.5. The molecule has 0 radical (unpaired) electrons. The highest BCUT2D eigenvalue weighted by molar-refractivity contribution is 5.78. The van der Waals surface area contributed by atoms with Gasteiger partial charge in [-0.2, -0.15) is 0 Å². The Hall–Kier alpha value is -0.870. The van der Waals surface area contributed by atoms with Crippen LogP contribution in [0.15, 0.2) is 12.2 Å². The molecule has 0 aromatic heterocycles. The average Bonchev–Trinajstić information content (AvgIpc) is 2.05. The Morgan fingerprint density at radius 1 is 1.45 bits per heavy atom. The number of hydrogen-bond acceptors (Lipinski definition) is 4. The minimum atomic E-state index is -0.351. The molecule has 1 aliphatic rings. The Balaban J connectivity index is 2.50. The Bertz CT molecular complexity index is 179. The zero-order valence-electron chi connectivity index (χ0n) is 6.63. The summed E-state index contributed by atoms with van der Waals surface area (Å²) in [5.41, 5.74) is 5.72. The molecule has 0 amide bonds. The minimum absolute atomic E-state index is 0.260. The van der Waals surface area contributed by atoms with Gasteiger partial charge in [-0.15, -0.1) is 0 Å². The molecule has 11 heavy (non-hydrogen) atoms. The molecular weight excluding hydrogens is 144 g/mol. The number of carbonyl (C=O) groups is 1. The molecule has 62 valence electrons. The largest absolute Gasteiger partial charge is 0.468 e. The zero-order chi connectivity index (χ0) is 8.27. The van der Waals surface area contributed by atoms with Crippen molar-refractivity contribution in [2.24, 2.45) is 0 Å². The van der Waals surface area contributed by atoms with E-state index in [-0.39, 0.29) is 18.1 Å². The van der Waals surface area contributed by atoms with Gasteiger partial charge in [0.2, 0.25) is 0 Å². The maximum absolute atomic E-state index is 10.9. The average molecular weight is 156 g/mol. The van der Waals surface area contributed by atoms with Gasteiger partial charge in [0, 0.05) is 6.04 Å². The summed E-state index contributed by atoms with van der Waals surface area (Å²) in [4.78, 5) is 10.9. The standard InChI is InChI=1S/C7H12N2O2/c1-5-3-4-6(9-8-5)7(10)11-2/h3-6,8-9H,1-2H3/t5-,6+/m1/s1. The van der Waals surface area contributed by atoms with Crippen molar-refractivity contribution in [3.8, 4) is 0 Å². The maximum atomic E-state index is 10.9. The van der Waals surface area contributed by atoms with Crippen molar-refractivity contribution < 1.29 is 9.53 Å². The molecule has 0 aliphatic carbocycles. The van der Waals surface area contributed by atoms with Crippen molar-refractivity contribution in [2.75, 3.05) is 7.11 Å². The van der Waals surface area contributed by atoms with Crippen molar-refractivity contribution in [3.63, 3.8) is 0 Å². The predicted molar refractivity (Wildman–Crippen MR) is 40.7 cm³/mol. The van der Waals surface area contributed by atoms with Crippen molar-refractivity contribution in [1.29, 1.82) is 0 Å². The van der Waals surface area contributed by atoms with Gasteiger partial charge in [0.1, 0.15) is 6.04 Å². The van der Waals surface area contributed by atoms with E-state index in [9.17, 15) is 4.79 Å². The fraction of sp³-hybridized carbons (Fsp3) is 0.571. The van der Waals surface area contributed by atoms with Crippen molar-refractivity contribution in [1.82, 2.24) is 10.9 Å². The van der Waals surface area contributed by atoms with Crippen LogP contribution in [0.1, 0.15) is 6.92 Å². The lowest BCUT2D eigenvalue weighted by atomic mass is 10.2. The molecule has 4 heteroatoms. The van der Waals surface area contributed by atoms with E-state index in [1.54, 1.807) is 6.08 Å². The van der Waals surface area contributed by atoms with E-state index in [1.165, 1.54) is 7.11 Å². The number of carbonyl (C=O) groups excluding carboxylic acids is 1. The molecule has 0 saturated carbocycles. The molecule has 1 rings (SSSR count). The highest BCUT2D eigenvalue weighted by Gasteiger charge is 2.18. The summed E-state index contributed by atoms with van der Waals surface area (Å²) in [5, 5.41) is 0. The second kappa shape index (κ2) is 3.50. The second-order valence-electron chi connectivity index (χ2n) is 2.46. The molecule has 0 fully saturated rings. The van der Waals surface area contributed by atoms with E-state index >= 15 is 0 Å². The van der Waals surface area contributed by atoms with E-state index in [0.717, 1.165) is 0 Å². The van der Waals surface area contributed by atoms with Gasteiger partial charge in [0.15, 0.2) is 0 Å². The predicted octanol–water partition coefficient (Wildman–Crippen LogP) is -0.420. The van der Waals surface area contributed by atoms with Crippen LogP contribution in [0.25, 0.3) is 0 Å². The smallest absolute Gasteiger partial charge is 0.328 e. The molecule has 0 bridgehead atoms. The molecule has 2 N–H and O–H groups in total. The summed E-state index contributed by atoms with van der Waals surface area (Å²) in [6, 6.07) is -0.0906. The van der Waals surface area contributed by atoms with Gasteiger partial charge in [0.25, 0.3) is 0 Å². The molecule has 0 spiro atoms. The van der Waals surface area contributed by atoms with Gasteiger partial charge >= 0.3 is 5.97 Å². The van der Waals surface area contributed by atoms with Crippen LogP contribution in [0, 0.1) is 0 Å². The second-order valence-corrected chi connectivity index (χ2v) is 2.46. The topological polar surface area (TPSA) is 50.4 Å². The molecule has 1 aliphatic heterocycles. The van der Waals surface area contributed by atoms with Crippen LogP contribution in [-0.2, 0) is 9.53 Å². The molecule has 0 unspecified atom stereocenters. The van der Waals surface area contributed by atoms with Crippen LogP contribution in [0.5, 0.6) is 0 Å². The number of nitrogens with one attached hydrogen (secondary N) is 2. The van der Waals surface area contributed by atoms with Gasteiger partial charge in [-0.25, -0.2) is 10.2 Å². The van der Waals surface area contributed by atoms with E-state index in [4.69, 9.17) is 0 Å². The molecule has 4 nitrogen and oxygen atoms in total. The molecule has 0 aromatic rings. The number of ether oxygens (including phenoxy) is 1. The fourth-order valence-electron chi connectivity index (χ4n) is 0.860. The summed E-state index contributed by atoms with van der Waals surface area (Å²) < 4.78 is 4.53. The first-order valence-electron chi connectivity index (χ1n) is 3.51. The van der Waals surface area contributed by atoms with Crippen molar-refractivity contribution in [3.05, 3.63) is 12.2 Å². The zero-order valence-corrected chi connectivity index (χ0v) is 6.63. The third-order valence-corrected chi connectivity index (χ3v) is 1.51. The van der Waals surface area contributed by atoms with Gasteiger partial charge in [-0.1, -0.05) is 12.2 Å². The van der Waals surface area contributed by atoms with E-state index < -0.39 is 0 Å².